The highest BCUT2D eigenvalue weighted by molar-refractivity contribution is 5.97. The van der Waals surface area contributed by atoms with Gasteiger partial charge in [0, 0.05) is 37.1 Å². The van der Waals surface area contributed by atoms with Crippen LogP contribution in [-0.4, -0.2) is 42.1 Å². The van der Waals surface area contributed by atoms with Crippen LogP contribution in [0.3, 0.4) is 0 Å². The lowest BCUT2D eigenvalue weighted by atomic mass is 9.90. The number of hydrogen-bond donors (Lipinski definition) is 2. The van der Waals surface area contributed by atoms with Crippen LogP contribution in [0.15, 0.2) is 36.4 Å². The topological polar surface area (TPSA) is 70.2 Å². The van der Waals surface area contributed by atoms with Crippen LogP contribution in [0.25, 0.3) is 10.9 Å². The molecule has 4 rings (SSSR count). The van der Waals surface area contributed by atoms with Crippen molar-refractivity contribution >= 4 is 28.6 Å². The van der Waals surface area contributed by atoms with E-state index in [9.17, 15) is 4.79 Å². The molecule has 0 unspecified atom stereocenters. The van der Waals surface area contributed by atoms with Crippen LogP contribution < -0.4 is 15.5 Å². The lowest BCUT2D eigenvalue weighted by Crippen LogP contribution is -2.40. The first-order valence-electron chi connectivity index (χ1n) is 11.4. The van der Waals surface area contributed by atoms with Gasteiger partial charge in [0.05, 0.1) is 5.52 Å². The van der Waals surface area contributed by atoms with Crippen LogP contribution in [-0.2, 0) is 0 Å². The molecule has 2 N–H and O–H groups in total. The molecule has 3 aromatic rings. The average molecular weight is 432 g/mol. The van der Waals surface area contributed by atoms with E-state index >= 15 is 0 Å². The number of fused-ring (bicyclic) bond motifs is 1. The van der Waals surface area contributed by atoms with Crippen molar-refractivity contribution in [1.29, 1.82) is 0 Å². The van der Waals surface area contributed by atoms with Crippen molar-refractivity contribution in [1.82, 2.24) is 15.3 Å². The molecule has 0 radical (unpaired) electrons. The van der Waals surface area contributed by atoms with Gasteiger partial charge >= 0.3 is 0 Å². The van der Waals surface area contributed by atoms with Crippen molar-refractivity contribution < 1.29 is 4.79 Å². The molecule has 6 nitrogen and oxygen atoms in total. The van der Waals surface area contributed by atoms with E-state index in [-0.39, 0.29) is 11.9 Å². The van der Waals surface area contributed by atoms with Crippen molar-refractivity contribution in [3.8, 4) is 0 Å². The first-order valence-corrected chi connectivity index (χ1v) is 11.4. The fourth-order valence-electron chi connectivity index (χ4n) is 4.83. The third kappa shape index (κ3) is 4.69. The minimum atomic E-state index is 0.0462. The molecular formula is C26H33N5O. The Bertz CT molecular complexity index is 1110. The van der Waals surface area contributed by atoms with Gasteiger partial charge in [0.15, 0.2) is 0 Å². The summed E-state index contributed by atoms with van der Waals surface area (Å²) in [6.07, 6.45) is 3.84. The number of benzene rings is 2. The van der Waals surface area contributed by atoms with Crippen molar-refractivity contribution in [2.75, 3.05) is 24.3 Å². The number of aromatic nitrogens is 2. The highest BCUT2D eigenvalue weighted by Gasteiger charge is 2.24. The van der Waals surface area contributed by atoms with E-state index in [0.29, 0.717) is 12.0 Å². The van der Waals surface area contributed by atoms with Gasteiger partial charge in [-0.05, 0) is 69.7 Å². The van der Waals surface area contributed by atoms with Crippen molar-refractivity contribution in [3.63, 3.8) is 0 Å². The number of nitrogens with zero attached hydrogens (tertiary/aromatic N) is 3. The average Bonchev–Trinajstić information content (AvgIpc) is 2.73. The molecular weight excluding hydrogens is 398 g/mol. The molecule has 6 heteroatoms. The Kier molecular flexibility index (Phi) is 6.31. The molecule has 1 heterocycles. The van der Waals surface area contributed by atoms with Gasteiger partial charge < -0.3 is 15.5 Å². The SMILES string of the molecule is Cc1cc(C)c(C(=O)N[C@H]2CC[C@@H](Nc3nc(N(C)C)c4ccccc4n3)CC2)c(C)c1. The minimum absolute atomic E-state index is 0.0462. The van der Waals surface area contributed by atoms with E-state index in [1.54, 1.807) is 0 Å². The van der Waals surface area contributed by atoms with Gasteiger partial charge in [-0.3, -0.25) is 4.79 Å². The van der Waals surface area contributed by atoms with Crippen LogP contribution in [0.2, 0.25) is 0 Å². The summed E-state index contributed by atoms with van der Waals surface area (Å²) in [5.41, 5.74) is 5.03. The zero-order valence-corrected chi connectivity index (χ0v) is 19.7. The van der Waals surface area contributed by atoms with E-state index in [4.69, 9.17) is 9.97 Å². The number of aryl methyl sites for hydroxylation is 3. The molecule has 32 heavy (non-hydrogen) atoms. The number of carbonyl (C=O) groups excluding carboxylic acids is 1. The minimum Gasteiger partial charge on any atom is -0.362 e. The Morgan fingerprint density at radius 1 is 0.938 bits per heavy atom. The molecule has 168 valence electrons. The molecule has 0 spiro atoms. The van der Waals surface area contributed by atoms with Crippen LogP contribution >= 0.6 is 0 Å². The quantitative estimate of drug-likeness (QED) is 0.609. The van der Waals surface area contributed by atoms with Gasteiger partial charge in [0.25, 0.3) is 5.91 Å². The second kappa shape index (κ2) is 9.15. The molecule has 0 atom stereocenters. The highest BCUT2D eigenvalue weighted by Crippen LogP contribution is 2.27. The van der Waals surface area contributed by atoms with Crippen molar-refractivity contribution in [2.24, 2.45) is 0 Å². The summed E-state index contributed by atoms with van der Waals surface area (Å²) >= 11 is 0. The molecule has 1 amide bonds. The largest absolute Gasteiger partial charge is 0.362 e. The summed E-state index contributed by atoms with van der Waals surface area (Å²) in [5.74, 6) is 1.64. The molecule has 1 aliphatic rings. The second-order valence-corrected chi connectivity index (χ2v) is 9.22. The van der Waals surface area contributed by atoms with Crippen LogP contribution in [0.4, 0.5) is 11.8 Å². The molecule has 1 aliphatic carbocycles. The maximum absolute atomic E-state index is 12.9. The molecule has 0 saturated heterocycles. The number of amides is 1. The van der Waals surface area contributed by atoms with E-state index in [1.807, 2.05) is 51.0 Å². The Morgan fingerprint density at radius 3 is 2.22 bits per heavy atom. The summed E-state index contributed by atoms with van der Waals surface area (Å²) in [6.45, 7) is 6.10. The van der Waals surface area contributed by atoms with Crippen molar-refractivity contribution in [2.45, 2.75) is 58.5 Å². The van der Waals surface area contributed by atoms with E-state index in [1.165, 1.54) is 5.56 Å². The zero-order chi connectivity index (χ0) is 22.8. The highest BCUT2D eigenvalue weighted by atomic mass is 16.1. The second-order valence-electron chi connectivity index (χ2n) is 9.22. The third-order valence-corrected chi connectivity index (χ3v) is 6.31. The Hall–Kier alpha value is -3.15. The molecule has 0 bridgehead atoms. The van der Waals surface area contributed by atoms with Gasteiger partial charge in [-0.15, -0.1) is 0 Å². The lowest BCUT2D eigenvalue weighted by molar-refractivity contribution is 0.0925. The van der Waals surface area contributed by atoms with E-state index < -0.39 is 0 Å². The molecule has 0 aliphatic heterocycles. The zero-order valence-electron chi connectivity index (χ0n) is 19.7. The monoisotopic (exact) mass is 431 g/mol. The maximum atomic E-state index is 12.9. The van der Waals surface area contributed by atoms with E-state index in [2.05, 4.69) is 35.8 Å². The predicted octanol–water partition coefficient (Wildman–Crippen LogP) is 4.77. The first kappa shape index (κ1) is 22.1. The molecule has 1 fully saturated rings. The Labute approximate surface area is 190 Å². The number of anilines is 2. The maximum Gasteiger partial charge on any atom is 0.252 e. The molecule has 1 saturated carbocycles. The lowest BCUT2D eigenvalue weighted by Gasteiger charge is -2.30. The van der Waals surface area contributed by atoms with Gasteiger partial charge in [-0.1, -0.05) is 29.8 Å². The predicted molar refractivity (Wildman–Crippen MR) is 132 cm³/mol. The summed E-state index contributed by atoms with van der Waals surface area (Å²) in [4.78, 5) is 24.4. The Balaban J connectivity index is 1.39. The summed E-state index contributed by atoms with van der Waals surface area (Å²) in [7, 11) is 4.01. The number of rotatable bonds is 5. The van der Waals surface area contributed by atoms with Gasteiger partial charge in [0.1, 0.15) is 5.82 Å². The van der Waals surface area contributed by atoms with E-state index in [0.717, 1.165) is 59.1 Å². The van der Waals surface area contributed by atoms with Crippen LogP contribution in [0.5, 0.6) is 0 Å². The number of nitrogens with one attached hydrogen (secondary N) is 2. The van der Waals surface area contributed by atoms with Crippen LogP contribution in [0.1, 0.15) is 52.7 Å². The van der Waals surface area contributed by atoms with Crippen molar-refractivity contribution in [3.05, 3.63) is 58.7 Å². The third-order valence-electron chi connectivity index (χ3n) is 6.31. The number of para-hydroxylation sites is 1. The summed E-state index contributed by atoms with van der Waals surface area (Å²) < 4.78 is 0. The normalized spacial score (nSPS) is 18.4. The first-order chi connectivity index (χ1) is 15.3. The van der Waals surface area contributed by atoms with Gasteiger partial charge in [0.2, 0.25) is 5.95 Å². The summed E-state index contributed by atoms with van der Waals surface area (Å²) in [5, 5.41) is 7.85. The fraction of sp³-hybridized carbons (Fsp3) is 0.423. The molecule has 2 aromatic carbocycles. The van der Waals surface area contributed by atoms with Gasteiger partial charge in [-0.25, -0.2) is 4.98 Å². The fourth-order valence-corrected chi connectivity index (χ4v) is 4.83. The number of carbonyl (C=O) groups is 1. The molecule has 1 aromatic heterocycles. The standard InChI is InChI=1S/C26H33N5O/c1-16-14-17(2)23(18(3)15-16)25(32)27-19-10-12-20(13-11-19)28-26-29-22-9-7-6-8-21(22)24(30-26)31(4)5/h6-9,14-15,19-20H,10-13H2,1-5H3,(H,27,32)(H,28,29,30)/t19-,20+. The smallest absolute Gasteiger partial charge is 0.252 e. The van der Waals surface area contributed by atoms with Gasteiger partial charge in [-0.2, -0.15) is 4.98 Å². The Morgan fingerprint density at radius 2 is 1.56 bits per heavy atom. The van der Waals surface area contributed by atoms with Crippen LogP contribution in [0, 0.1) is 20.8 Å². The summed E-state index contributed by atoms with van der Waals surface area (Å²) in [6, 6.07) is 12.8. The number of hydrogen-bond acceptors (Lipinski definition) is 5.